The van der Waals surface area contributed by atoms with Crippen LogP contribution in [0.5, 0.6) is 5.75 Å². The molecule has 130 valence electrons. The molecule has 1 fully saturated rings. The summed E-state index contributed by atoms with van der Waals surface area (Å²) in [6, 6.07) is 3.65. The van der Waals surface area contributed by atoms with Crippen LogP contribution in [-0.4, -0.2) is 54.3 Å². The Morgan fingerprint density at radius 3 is 2.71 bits per heavy atom. The highest BCUT2D eigenvalue weighted by Gasteiger charge is 2.41. The number of aliphatic carboxylic acids is 1. The van der Waals surface area contributed by atoms with Crippen molar-refractivity contribution in [3.05, 3.63) is 28.8 Å². The zero-order chi connectivity index (χ0) is 17.4. The number of carboxylic acid groups (broad SMARTS) is 1. The zero-order valence-electron chi connectivity index (χ0n) is 14.2. The van der Waals surface area contributed by atoms with Crippen LogP contribution in [0.25, 0.3) is 0 Å². The maximum absolute atomic E-state index is 13.1. The summed E-state index contributed by atoms with van der Waals surface area (Å²) in [5, 5.41) is 9.12. The van der Waals surface area contributed by atoms with Crippen LogP contribution in [0.2, 0.25) is 0 Å². The molecular weight excluding hydrogens is 310 g/mol. The van der Waals surface area contributed by atoms with Crippen LogP contribution >= 0.6 is 0 Å². The average molecular weight is 333 g/mol. The maximum Gasteiger partial charge on any atom is 0.305 e. The summed E-state index contributed by atoms with van der Waals surface area (Å²) in [7, 11) is 1.59. The fourth-order valence-electron chi connectivity index (χ4n) is 3.59. The highest BCUT2D eigenvalue weighted by molar-refractivity contribution is 5.87. The molecule has 0 radical (unpaired) electrons. The van der Waals surface area contributed by atoms with Crippen LogP contribution in [-0.2, 0) is 14.3 Å². The molecular formula is C18H23NO5. The van der Waals surface area contributed by atoms with Crippen molar-refractivity contribution in [2.75, 3.05) is 20.3 Å². The number of carbonyl (C=O) groups is 2. The smallest absolute Gasteiger partial charge is 0.305 e. The molecule has 1 N–H and O–H groups in total. The van der Waals surface area contributed by atoms with Crippen LogP contribution in [0.4, 0.5) is 0 Å². The standard InChI is InChI=1S/C18H23NO5/c1-10-4-14-15(9-24-16(14)5-11(10)2)18(22)19-8-13(23-3)6-12(19)7-17(20)21/h4-5,12-13,15H,6-9H2,1-3H3,(H,20,21). The summed E-state index contributed by atoms with van der Waals surface area (Å²) in [6.45, 7) is 4.77. The average Bonchev–Trinajstić information content (AvgIpc) is 3.10. The number of likely N-dealkylation sites (tertiary alicyclic amines) is 1. The van der Waals surface area contributed by atoms with E-state index in [9.17, 15) is 9.59 Å². The first-order valence-electron chi connectivity index (χ1n) is 8.19. The lowest BCUT2D eigenvalue weighted by Crippen LogP contribution is -2.40. The molecule has 6 nitrogen and oxygen atoms in total. The highest BCUT2D eigenvalue weighted by Crippen LogP contribution is 2.38. The van der Waals surface area contributed by atoms with Crippen molar-refractivity contribution in [1.82, 2.24) is 4.90 Å². The molecule has 0 aliphatic carbocycles. The normalized spacial score (nSPS) is 25.5. The largest absolute Gasteiger partial charge is 0.492 e. The van der Waals surface area contributed by atoms with E-state index in [1.807, 2.05) is 26.0 Å². The van der Waals surface area contributed by atoms with Gasteiger partial charge in [-0.25, -0.2) is 0 Å². The number of hydrogen-bond acceptors (Lipinski definition) is 4. The molecule has 0 spiro atoms. The first-order chi connectivity index (χ1) is 11.4. The van der Waals surface area contributed by atoms with Gasteiger partial charge in [0.1, 0.15) is 18.3 Å². The second kappa shape index (κ2) is 6.43. The van der Waals surface area contributed by atoms with E-state index in [0.29, 0.717) is 19.6 Å². The molecule has 2 heterocycles. The number of rotatable bonds is 4. The summed E-state index contributed by atoms with van der Waals surface area (Å²) in [5.74, 6) is -0.577. The van der Waals surface area contributed by atoms with Crippen molar-refractivity contribution >= 4 is 11.9 Å². The van der Waals surface area contributed by atoms with Gasteiger partial charge in [0, 0.05) is 25.3 Å². The van der Waals surface area contributed by atoms with Crippen LogP contribution in [0, 0.1) is 13.8 Å². The van der Waals surface area contributed by atoms with Crippen LogP contribution in [0.3, 0.4) is 0 Å². The minimum atomic E-state index is -0.899. The number of benzene rings is 1. The summed E-state index contributed by atoms with van der Waals surface area (Å²) >= 11 is 0. The molecule has 24 heavy (non-hydrogen) atoms. The van der Waals surface area contributed by atoms with Gasteiger partial charge in [0.2, 0.25) is 5.91 Å². The summed E-state index contributed by atoms with van der Waals surface area (Å²) in [5.41, 5.74) is 3.15. The Kier molecular flexibility index (Phi) is 4.49. The van der Waals surface area contributed by atoms with Gasteiger partial charge in [0.05, 0.1) is 12.5 Å². The lowest BCUT2D eigenvalue weighted by Gasteiger charge is -2.26. The monoisotopic (exact) mass is 333 g/mol. The Balaban J connectivity index is 1.84. The molecule has 0 aromatic heterocycles. The molecule has 6 heteroatoms. The number of methoxy groups -OCH3 is 1. The fourth-order valence-corrected chi connectivity index (χ4v) is 3.59. The van der Waals surface area contributed by atoms with E-state index in [1.54, 1.807) is 12.0 Å². The predicted octanol–water partition coefficient (Wildman–Crippen LogP) is 1.87. The number of amides is 1. The number of aryl methyl sites for hydroxylation is 2. The zero-order valence-corrected chi connectivity index (χ0v) is 14.2. The van der Waals surface area contributed by atoms with E-state index in [0.717, 1.165) is 22.4 Å². The third-order valence-electron chi connectivity index (χ3n) is 5.11. The Morgan fingerprint density at radius 1 is 1.33 bits per heavy atom. The Morgan fingerprint density at radius 2 is 2.04 bits per heavy atom. The lowest BCUT2D eigenvalue weighted by molar-refractivity contribution is -0.140. The van der Waals surface area contributed by atoms with Gasteiger partial charge in [0.15, 0.2) is 0 Å². The van der Waals surface area contributed by atoms with Gasteiger partial charge in [-0.1, -0.05) is 6.07 Å². The van der Waals surface area contributed by atoms with Gasteiger partial charge in [-0.2, -0.15) is 0 Å². The molecule has 2 aliphatic rings. The van der Waals surface area contributed by atoms with Crippen molar-refractivity contribution in [3.8, 4) is 5.75 Å². The second-order valence-corrected chi connectivity index (χ2v) is 6.67. The molecule has 2 aliphatic heterocycles. The van der Waals surface area contributed by atoms with E-state index in [4.69, 9.17) is 14.6 Å². The molecule has 1 saturated heterocycles. The Labute approximate surface area is 141 Å². The van der Waals surface area contributed by atoms with E-state index in [-0.39, 0.29) is 30.4 Å². The Hall–Kier alpha value is -2.08. The van der Waals surface area contributed by atoms with Crippen LogP contribution < -0.4 is 4.74 Å². The van der Waals surface area contributed by atoms with E-state index in [1.165, 1.54) is 0 Å². The molecule has 3 atom stereocenters. The molecule has 0 bridgehead atoms. The van der Waals surface area contributed by atoms with Crippen LogP contribution in [0.1, 0.15) is 35.4 Å². The number of fused-ring (bicyclic) bond motifs is 1. The maximum atomic E-state index is 13.1. The molecule has 1 amide bonds. The van der Waals surface area contributed by atoms with Crippen molar-refractivity contribution in [2.24, 2.45) is 0 Å². The molecule has 3 unspecified atom stereocenters. The minimum Gasteiger partial charge on any atom is -0.492 e. The fraction of sp³-hybridized carbons (Fsp3) is 0.556. The van der Waals surface area contributed by atoms with Gasteiger partial charge in [-0.3, -0.25) is 9.59 Å². The summed E-state index contributed by atoms with van der Waals surface area (Å²) < 4.78 is 11.1. The first-order valence-corrected chi connectivity index (χ1v) is 8.19. The van der Waals surface area contributed by atoms with Crippen molar-refractivity contribution in [3.63, 3.8) is 0 Å². The molecule has 3 rings (SSSR count). The Bertz CT molecular complexity index is 672. The number of hydrogen-bond donors (Lipinski definition) is 1. The van der Waals surface area contributed by atoms with Crippen molar-refractivity contribution in [1.29, 1.82) is 0 Å². The van der Waals surface area contributed by atoms with Gasteiger partial charge < -0.3 is 19.5 Å². The van der Waals surface area contributed by atoms with E-state index >= 15 is 0 Å². The third kappa shape index (κ3) is 2.98. The van der Waals surface area contributed by atoms with Gasteiger partial charge in [-0.15, -0.1) is 0 Å². The minimum absolute atomic E-state index is 0.0566. The van der Waals surface area contributed by atoms with E-state index in [2.05, 4.69) is 0 Å². The third-order valence-corrected chi connectivity index (χ3v) is 5.11. The van der Waals surface area contributed by atoms with Crippen molar-refractivity contribution in [2.45, 2.75) is 44.8 Å². The summed E-state index contributed by atoms with van der Waals surface area (Å²) in [6.07, 6.45) is 0.390. The van der Waals surface area contributed by atoms with E-state index < -0.39 is 5.97 Å². The second-order valence-electron chi connectivity index (χ2n) is 6.67. The lowest BCUT2D eigenvalue weighted by atomic mass is 9.95. The van der Waals surface area contributed by atoms with Gasteiger partial charge in [0.25, 0.3) is 0 Å². The van der Waals surface area contributed by atoms with Gasteiger partial charge >= 0.3 is 5.97 Å². The first kappa shape index (κ1) is 16.8. The number of carbonyl (C=O) groups excluding carboxylic acids is 1. The number of carboxylic acids is 1. The van der Waals surface area contributed by atoms with Crippen LogP contribution in [0.15, 0.2) is 12.1 Å². The van der Waals surface area contributed by atoms with Gasteiger partial charge in [-0.05, 0) is 37.5 Å². The topological polar surface area (TPSA) is 76.1 Å². The quantitative estimate of drug-likeness (QED) is 0.910. The number of ether oxygens (including phenoxy) is 2. The molecule has 0 saturated carbocycles. The SMILES string of the molecule is COC1CC(CC(=O)O)N(C(=O)C2COc3cc(C)c(C)cc32)C1. The molecule has 1 aromatic carbocycles. The highest BCUT2D eigenvalue weighted by atomic mass is 16.5. The van der Waals surface area contributed by atoms with Crippen molar-refractivity contribution < 1.29 is 24.2 Å². The molecule has 1 aromatic rings. The number of nitrogens with zero attached hydrogens (tertiary/aromatic N) is 1. The summed E-state index contributed by atoms with van der Waals surface area (Å²) in [4.78, 5) is 25.8. The predicted molar refractivity (Wildman–Crippen MR) is 87.3 cm³/mol.